The van der Waals surface area contributed by atoms with Gasteiger partial charge in [0.1, 0.15) is 18.1 Å². The molecule has 1 aromatic carbocycles. The SMILES string of the molecule is COc1ccc2c(c1)C(C(=O)N(CC(F)(F)F)c1ccccn1)CCC2. The first kappa shape index (κ1) is 18.2. The first-order valence-electron chi connectivity index (χ1n) is 8.35. The van der Waals surface area contributed by atoms with Gasteiger partial charge in [-0.05, 0) is 54.7 Å². The van der Waals surface area contributed by atoms with E-state index < -0.39 is 24.5 Å². The van der Waals surface area contributed by atoms with E-state index in [1.54, 1.807) is 24.3 Å². The molecule has 0 aliphatic heterocycles. The number of rotatable bonds is 4. The highest BCUT2D eigenvalue weighted by Gasteiger charge is 2.38. The maximum Gasteiger partial charge on any atom is 0.406 e. The number of benzene rings is 1. The molecule has 1 unspecified atom stereocenters. The number of aryl methyl sites for hydroxylation is 1. The number of ether oxygens (including phenoxy) is 1. The molecule has 0 bridgehead atoms. The van der Waals surface area contributed by atoms with Crippen molar-refractivity contribution in [3.8, 4) is 5.75 Å². The van der Waals surface area contributed by atoms with E-state index in [2.05, 4.69) is 4.98 Å². The van der Waals surface area contributed by atoms with Crippen LogP contribution in [0.5, 0.6) is 5.75 Å². The summed E-state index contributed by atoms with van der Waals surface area (Å²) in [7, 11) is 1.52. The fourth-order valence-electron chi connectivity index (χ4n) is 3.31. The Hall–Kier alpha value is -2.57. The standard InChI is InChI=1S/C19H19F3N2O2/c1-26-14-9-8-13-5-4-6-15(16(13)11-14)18(25)24(12-19(20,21)22)17-7-2-3-10-23-17/h2-3,7-11,15H,4-6,12H2,1H3. The van der Waals surface area contributed by atoms with Crippen molar-refractivity contribution < 1.29 is 22.7 Å². The van der Waals surface area contributed by atoms with Crippen molar-refractivity contribution in [2.45, 2.75) is 31.4 Å². The van der Waals surface area contributed by atoms with Crippen molar-refractivity contribution >= 4 is 11.7 Å². The number of alkyl halides is 3. The molecule has 0 saturated heterocycles. The molecule has 1 aromatic heterocycles. The number of fused-ring (bicyclic) bond motifs is 1. The van der Waals surface area contributed by atoms with Gasteiger partial charge in [0.25, 0.3) is 0 Å². The molecule has 26 heavy (non-hydrogen) atoms. The Morgan fingerprint density at radius 3 is 2.77 bits per heavy atom. The van der Waals surface area contributed by atoms with Gasteiger partial charge in [-0.3, -0.25) is 9.69 Å². The van der Waals surface area contributed by atoms with Crippen LogP contribution in [0.15, 0.2) is 42.6 Å². The smallest absolute Gasteiger partial charge is 0.406 e. The third-order valence-electron chi connectivity index (χ3n) is 4.49. The van der Waals surface area contributed by atoms with Crippen LogP contribution in [0, 0.1) is 0 Å². The quantitative estimate of drug-likeness (QED) is 0.820. The van der Waals surface area contributed by atoms with Crippen molar-refractivity contribution in [3.63, 3.8) is 0 Å². The number of nitrogens with zero attached hydrogens (tertiary/aromatic N) is 2. The number of carbonyl (C=O) groups is 1. The van der Waals surface area contributed by atoms with Crippen LogP contribution in [-0.2, 0) is 11.2 Å². The minimum Gasteiger partial charge on any atom is -0.497 e. The Labute approximate surface area is 149 Å². The van der Waals surface area contributed by atoms with E-state index in [0.29, 0.717) is 12.2 Å². The van der Waals surface area contributed by atoms with E-state index in [1.165, 1.54) is 19.4 Å². The third-order valence-corrected chi connectivity index (χ3v) is 4.49. The topological polar surface area (TPSA) is 42.4 Å². The van der Waals surface area contributed by atoms with Gasteiger partial charge in [-0.1, -0.05) is 12.1 Å². The second kappa shape index (κ2) is 7.35. The zero-order chi connectivity index (χ0) is 18.7. The zero-order valence-corrected chi connectivity index (χ0v) is 14.3. The predicted octanol–water partition coefficient (Wildman–Crippen LogP) is 4.11. The monoisotopic (exact) mass is 364 g/mol. The molecule has 7 heteroatoms. The first-order chi connectivity index (χ1) is 12.4. The van der Waals surface area contributed by atoms with Crippen LogP contribution in [0.3, 0.4) is 0 Å². The van der Waals surface area contributed by atoms with Crippen LogP contribution in [-0.4, -0.2) is 30.7 Å². The number of anilines is 1. The van der Waals surface area contributed by atoms with Crippen molar-refractivity contribution in [2.75, 3.05) is 18.6 Å². The summed E-state index contributed by atoms with van der Waals surface area (Å²) in [4.78, 5) is 17.8. The van der Waals surface area contributed by atoms with Gasteiger partial charge in [-0.25, -0.2) is 4.98 Å². The summed E-state index contributed by atoms with van der Waals surface area (Å²) >= 11 is 0. The number of hydrogen-bond donors (Lipinski definition) is 0. The van der Waals surface area contributed by atoms with Crippen molar-refractivity contribution in [1.82, 2.24) is 4.98 Å². The lowest BCUT2D eigenvalue weighted by Gasteiger charge is -2.31. The number of halogens is 3. The van der Waals surface area contributed by atoms with Gasteiger partial charge in [-0.15, -0.1) is 0 Å². The molecule has 1 amide bonds. The Kier molecular flexibility index (Phi) is 5.15. The van der Waals surface area contributed by atoms with E-state index in [1.807, 2.05) is 6.07 Å². The van der Waals surface area contributed by atoms with E-state index in [4.69, 9.17) is 4.74 Å². The molecular weight excluding hydrogens is 345 g/mol. The highest BCUT2D eigenvalue weighted by Crippen LogP contribution is 2.36. The average molecular weight is 364 g/mol. The number of amides is 1. The maximum absolute atomic E-state index is 13.1. The molecule has 0 spiro atoms. The lowest BCUT2D eigenvalue weighted by molar-refractivity contribution is -0.133. The van der Waals surface area contributed by atoms with E-state index in [9.17, 15) is 18.0 Å². The number of pyridine rings is 1. The molecule has 1 aliphatic carbocycles. The molecule has 0 fully saturated rings. The minimum atomic E-state index is -4.51. The van der Waals surface area contributed by atoms with Gasteiger partial charge in [0.05, 0.1) is 13.0 Å². The van der Waals surface area contributed by atoms with Crippen LogP contribution >= 0.6 is 0 Å². The van der Waals surface area contributed by atoms with Gasteiger partial charge < -0.3 is 4.74 Å². The molecule has 1 aliphatic rings. The second-order valence-electron chi connectivity index (χ2n) is 6.24. The summed E-state index contributed by atoms with van der Waals surface area (Å²) in [5.41, 5.74) is 1.71. The number of aromatic nitrogens is 1. The first-order valence-corrected chi connectivity index (χ1v) is 8.35. The van der Waals surface area contributed by atoms with Crippen LogP contribution in [0.1, 0.15) is 29.9 Å². The molecular formula is C19H19F3N2O2. The fourth-order valence-corrected chi connectivity index (χ4v) is 3.31. The van der Waals surface area contributed by atoms with E-state index >= 15 is 0 Å². The summed E-state index contributed by atoms with van der Waals surface area (Å²) in [6.45, 7) is -1.36. The maximum atomic E-state index is 13.1. The van der Waals surface area contributed by atoms with E-state index in [-0.39, 0.29) is 5.82 Å². The Morgan fingerprint density at radius 2 is 2.12 bits per heavy atom. The fraction of sp³-hybridized carbons (Fsp3) is 0.368. The number of carbonyl (C=O) groups excluding carboxylic acids is 1. The Bertz CT molecular complexity index is 778. The van der Waals surface area contributed by atoms with Gasteiger partial charge in [0.2, 0.25) is 5.91 Å². The summed E-state index contributed by atoms with van der Waals surface area (Å²) in [5.74, 6) is -0.637. The highest BCUT2D eigenvalue weighted by molar-refractivity contribution is 5.97. The normalized spacial score (nSPS) is 16.7. The number of methoxy groups -OCH3 is 1. The molecule has 138 valence electrons. The molecule has 0 radical (unpaired) electrons. The summed E-state index contributed by atoms with van der Waals surface area (Å²) in [6, 6.07) is 10.0. The number of hydrogen-bond acceptors (Lipinski definition) is 3. The van der Waals surface area contributed by atoms with Gasteiger partial charge in [0, 0.05) is 6.20 Å². The van der Waals surface area contributed by atoms with Crippen molar-refractivity contribution in [1.29, 1.82) is 0 Å². The Balaban J connectivity index is 1.98. The predicted molar refractivity (Wildman–Crippen MR) is 91.3 cm³/mol. The summed E-state index contributed by atoms with van der Waals surface area (Å²) in [6.07, 6.45) is -1.09. The van der Waals surface area contributed by atoms with Crippen LogP contribution in [0.25, 0.3) is 0 Å². The largest absolute Gasteiger partial charge is 0.497 e. The molecule has 4 nitrogen and oxygen atoms in total. The third kappa shape index (κ3) is 3.98. The molecule has 0 N–H and O–H groups in total. The highest BCUT2D eigenvalue weighted by atomic mass is 19.4. The Morgan fingerprint density at radius 1 is 1.31 bits per heavy atom. The summed E-state index contributed by atoms with van der Waals surface area (Å²) in [5, 5.41) is 0. The van der Waals surface area contributed by atoms with Crippen molar-refractivity contribution in [3.05, 3.63) is 53.7 Å². The minimum absolute atomic E-state index is 0.00449. The molecule has 1 heterocycles. The van der Waals surface area contributed by atoms with Gasteiger partial charge >= 0.3 is 6.18 Å². The molecule has 0 saturated carbocycles. The second-order valence-corrected chi connectivity index (χ2v) is 6.24. The molecule has 3 rings (SSSR count). The van der Waals surface area contributed by atoms with Crippen LogP contribution < -0.4 is 9.64 Å². The van der Waals surface area contributed by atoms with Gasteiger partial charge in [-0.2, -0.15) is 13.2 Å². The van der Waals surface area contributed by atoms with Crippen molar-refractivity contribution in [2.24, 2.45) is 0 Å². The lowest BCUT2D eigenvalue weighted by Crippen LogP contribution is -2.42. The van der Waals surface area contributed by atoms with Crippen LogP contribution in [0.4, 0.5) is 19.0 Å². The zero-order valence-electron chi connectivity index (χ0n) is 14.3. The van der Waals surface area contributed by atoms with E-state index in [0.717, 1.165) is 28.9 Å². The van der Waals surface area contributed by atoms with Gasteiger partial charge in [0.15, 0.2) is 0 Å². The molecule has 1 atom stereocenters. The lowest BCUT2D eigenvalue weighted by atomic mass is 9.82. The summed E-state index contributed by atoms with van der Waals surface area (Å²) < 4.78 is 44.5. The molecule has 2 aromatic rings. The van der Waals surface area contributed by atoms with Crippen LogP contribution in [0.2, 0.25) is 0 Å². The average Bonchev–Trinajstić information content (AvgIpc) is 2.64.